The van der Waals surface area contributed by atoms with Gasteiger partial charge < -0.3 is 9.47 Å². The number of hydrazone groups is 1. The minimum atomic E-state index is -0.306. The summed E-state index contributed by atoms with van der Waals surface area (Å²) >= 11 is 0. The number of halogens is 1. The molecule has 1 N–H and O–H groups in total. The van der Waals surface area contributed by atoms with Crippen LogP contribution in [0.25, 0.3) is 0 Å². The van der Waals surface area contributed by atoms with E-state index in [4.69, 9.17) is 9.47 Å². The summed E-state index contributed by atoms with van der Waals surface area (Å²) < 4.78 is 24.7. The maximum absolute atomic E-state index is 13.7. The molecular formula is C20H22FN3O3. The van der Waals surface area contributed by atoms with Crippen molar-refractivity contribution < 1.29 is 18.7 Å². The number of benzene rings is 2. The molecule has 1 heterocycles. The number of nitrogens with zero attached hydrogens (tertiary/aromatic N) is 2. The van der Waals surface area contributed by atoms with Crippen LogP contribution in [-0.2, 0) is 16.1 Å². The van der Waals surface area contributed by atoms with E-state index in [1.165, 1.54) is 12.3 Å². The van der Waals surface area contributed by atoms with Crippen LogP contribution in [0, 0.1) is 5.82 Å². The Morgan fingerprint density at radius 3 is 2.74 bits per heavy atom. The van der Waals surface area contributed by atoms with Crippen LogP contribution in [0.3, 0.4) is 0 Å². The number of hydrogen-bond acceptors (Lipinski definition) is 5. The molecular weight excluding hydrogens is 349 g/mol. The summed E-state index contributed by atoms with van der Waals surface area (Å²) in [6.45, 7) is 3.16. The van der Waals surface area contributed by atoms with Crippen molar-refractivity contribution in [3.05, 3.63) is 65.5 Å². The number of rotatable bonds is 7. The van der Waals surface area contributed by atoms with Gasteiger partial charge in [0.15, 0.2) is 0 Å². The third-order valence-corrected chi connectivity index (χ3v) is 4.12. The first-order chi connectivity index (χ1) is 13.2. The molecule has 0 radical (unpaired) electrons. The standard InChI is InChI=1S/C20H22FN3O3/c21-18-7-3-1-6-17(18)15-27-19-8-4-2-5-16(19)13-22-23-20(25)14-24-9-11-26-12-10-24/h1-8,13H,9-12,14-15H2,(H,23,25). The quantitative estimate of drug-likeness (QED) is 0.599. The van der Waals surface area contributed by atoms with Crippen molar-refractivity contribution in [1.29, 1.82) is 0 Å². The maximum atomic E-state index is 13.7. The van der Waals surface area contributed by atoms with Crippen LogP contribution >= 0.6 is 0 Å². The number of para-hydroxylation sites is 1. The summed E-state index contributed by atoms with van der Waals surface area (Å²) in [5, 5.41) is 4.00. The smallest absolute Gasteiger partial charge is 0.254 e. The van der Waals surface area contributed by atoms with Gasteiger partial charge in [0.05, 0.1) is 26.0 Å². The molecule has 0 bridgehead atoms. The Kier molecular flexibility index (Phi) is 6.90. The average molecular weight is 371 g/mol. The van der Waals surface area contributed by atoms with Crippen molar-refractivity contribution >= 4 is 12.1 Å². The first-order valence-electron chi connectivity index (χ1n) is 8.79. The predicted molar refractivity (Wildman–Crippen MR) is 100 cm³/mol. The highest BCUT2D eigenvalue weighted by atomic mass is 19.1. The third kappa shape index (κ3) is 5.87. The van der Waals surface area contributed by atoms with Gasteiger partial charge in [-0.2, -0.15) is 5.10 Å². The molecule has 0 aliphatic carbocycles. The Hall–Kier alpha value is -2.77. The highest BCUT2D eigenvalue weighted by Crippen LogP contribution is 2.18. The molecule has 0 atom stereocenters. The van der Waals surface area contributed by atoms with E-state index in [1.54, 1.807) is 24.3 Å². The molecule has 1 fully saturated rings. The molecule has 0 unspecified atom stereocenters. The third-order valence-electron chi connectivity index (χ3n) is 4.12. The lowest BCUT2D eigenvalue weighted by Gasteiger charge is -2.25. The van der Waals surface area contributed by atoms with Crippen molar-refractivity contribution in [1.82, 2.24) is 10.3 Å². The van der Waals surface area contributed by atoms with Crippen LogP contribution < -0.4 is 10.2 Å². The maximum Gasteiger partial charge on any atom is 0.254 e. The zero-order chi connectivity index (χ0) is 18.9. The molecule has 7 heteroatoms. The minimum Gasteiger partial charge on any atom is -0.488 e. The summed E-state index contributed by atoms with van der Waals surface area (Å²) in [6, 6.07) is 13.7. The molecule has 1 aliphatic heterocycles. The van der Waals surface area contributed by atoms with Gasteiger partial charge >= 0.3 is 0 Å². The fourth-order valence-electron chi connectivity index (χ4n) is 2.66. The fraction of sp³-hybridized carbons (Fsp3) is 0.300. The Labute approximate surface area is 157 Å². The van der Waals surface area contributed by atoms with Crippen molar-refractivity contribution in [2.45, 2.75) is 6.61 Å². The summed E-state index contributed by atoms with van der Waals surface area (Å²) in [5.74, 6) is 0.0730. The van der Waals surface area contributed by atoms with E-state index in [9.17, 15) is 9.18 Å². The van der Waals surface area contributed by atoms with E-state index in [0.717, 1.165) is 13.1 Å². The van der Waals surface area contributed by atoms with Gasteiger partial charge in [0.25, 0.3) is 5.91 Å². The van der Waals surface area contributed by atoms with E-state index in [2.05, 4.69) is 10.5 Å². The summed E-state index contributed by atoms with van der Waals surface area (Å²) in [7, 11) is 0. The highest BCUT2D eigenvalue weighted by molar-refractivity contribution is 5.85. The van der Waals surface area contributed by atoms with Gasteiger partial charge in [-0.25, -0.2) is 9.82 Å². The number of ether oxygens (including phenoxy) is 2. The number of carbonyl (C=O) groups is 1. The lowest BCUT2D eigenvalue weighted by Crippen LogP contribution is -2.42. The topological polar surface area (TPSA) is 63.2 Å². The van der Waals surface area contributed by atoms with Crippen LogP contribution in [0.15, 0.2) is 53.6 Å². The molecule has 1 aliphatic rings. The molecule has 1 saturated heterocycles. The van der Waals surface area contributed by atoms with Crippen LogP contribution in [-0.4, -0.2) is 49.9 Å². The van der Waals surface area contributed by atoms with Gasteiger partial charge in [-0.1, -0.05) is 30.3 Å². The van der Waals surface area contributed by atoms with E-state index >= 15 is 0 Å². The lowest BCUT2D eigenvalue weighted by molar-refractivity contribution is -0.123. The molecule has 142 valence electrons. The Morgan fingerprint density at radius 2 is 1.93 bits per heavy atom. The van der Waals surface area contributed by atoms with E-state index < -0.39 is 0 Å². The summed E-state index contributed by atoms with van der Waals surface area (Å²) in [5.41, 5.74) is 3.69. The number of nitrogens with one attached hydrogen (secondary N) is 1. The molecule has 2 aromatic carbocycles. The van der Waals surface area contributed by atoms with Crippen LogP contribution in [0.4, 0.5) is 4.39 Å². The summed E-state index contributed by atoms with van der Waals surface area (Å²) in [6.07, 6.45) is 1.52. The van der Waals surface area contributed by atoms with E-state index in [0.29, 0.717) is 30.1 Å². The largest absolute Gasteiger partial charge is 0.488 e. The van der Waals surface area contributed by atoms with Crippen LogP contribution in [0.2, 0.25) is 0 Å². The number of hydrogen-bond donors (Lipinski definition) is 1. The summed E-state index contributed by atoms with van der Waals surface area (Å²) in [4.78, 5) is 14.0. The lowest BCUT2D eigenvalue weighted by atomic mass is 10.2. The van der Waals surface area contributed by atoms with Crippen molar-refractivity contribution in [2.75, 3.05) is 32.8 Å². The molecule has 0 aromatic heterocycles. The second-order valence-electron chi connectivity index (χ2n) is 6.10. The zero-order valence-corrected chi connectivity index (χ0v) is 14.9. The fourth-order valence-corrected chi connectivity index (χ4v) is 2.66. The van der Waals surface area contributed by atoms with Gasteiger partial charge in [-0.3, -0.25) is 9.69 Å². The highest BCUT2D eigenvalue weighted by Gasteiger charge is 2.13. The Morgan fingerprint density at radius 1 is 1.19 bits per heavy atom. The number of amides is 1. The monoisotopic (exact) mass is 371 g/mol. The first-order valence-corrected chi connectivity index (χ1v) is 8.79. The van der Waals surface area contributed by atoms with Crippen LogP contribution in [0.1, 0.15) is 11.1 Å². The first kappa shape index (κ1) is 19.0. The van der Waals surface area contributed by atoms with Crippen molar-refractivity contribution in [3.63, 3.8) is 0 Å². The van der Waals surface area contributed by atoms with Crippen molar-refractivity contribution in [2.24, 2.45) is 5.10 Å². The predicted octanol–water partition coefficient (Wildman–Crippen LogP) is 2.19. The molecule has 0 saturated carbocycles. The van der Waals surface area contributed by atoms with Crippen molar-refractivity contribution in [3.8, 4) is 5.75 Å². The Balaban J connectivity index is 1.54. The SMILES string of the molecule is O=C(CN1CCOCC1)NN=Cc1ccccc1OCc1ccccc1F. The van der Waals surface area contributed by atoms with Gasteiger partial charge in [-0.05, 0) is 18.2 Å². The van der Waals surface area contributed by atoms with Gasteiger partial charge in [0, 0.05) is 24.2 Å². The second-order valence-corrected chi connectivity index (χ2v) is 6.10. The van der Waals surface area contributed by atoms with Gasteiger partial charge in [0.2, 0.25) is 0 Å². The van der Waals surface area contributed by atoms with Crippen LogP contribution in [0.5, 0.6) is 5.75 Å². The van der Waals surface area contributed by atoms with Gasteiger partial charge in [-0.15, -0.1) is 0 Å². The van der Waals surface area contributed by atoms with E-state index in [1.807, 2.05) is 23.1 Å². The molecule has 3 rings (SSSR count). The average Bonchev–Trinajstić information content (AvgIpc) is 2.69. The minimum absolute atomic E-state index is 0.112. The van der Waals surface area contributed by atoms with Gasteiger partial charge in [0.1, 0.15) is 18.2 Å². The molecule has 6 nitrogen and oxygen atoms in total. The number of morpholine rings is 1. The second kappa shape index (κ2) is 9.80. The molecule has 2 aromatic rings. The van der Waals surface area contributed by atoms with E-state index in [-0.39, 0.29) is 24.9 Å². The Bertz CT molecular complexity index is 792. The zero-order valence-electron chi connectivity index (χ0n) is 14.9. The normalized spacial score (nSPS) is 15.0. The molecule has 27 heavy (non-hydrogen) atoms. The molecule has 0 spiro atoms. The number of carbonyl (C=O) groups excluding carboxylic acids is 1. The molecule has 1 amide bonds.